The monoisotopic (exact) mass is 326 g/mol. The van der Waals surface area contributed by atoms with Gasteiger partial charge in [0.15, 0.2) is 0 Å². The zero-order valence-corrected chi connectivity index (χ0v) is 14.3. The lowest BCUT2D eigenvalue weighted by molar-refractivity contribution is -0.121. The Balaban J connectivity index is 1.53. The summed E-state index contributed by atoms with van der Waals surface area (Å²) in [6, 6.07) is 15.7. The molecule has 0 fully saturated rings. The molecule has 3 N–H and O–H groups in total. The van der Waals surface area contributed by atoms with E-state index in [2.05, 4.69) is 12.2 Å². The zero-order valence-electron chi connectivity index (χ0n) is 14.3. The summed E-state index contributed by atoms with van der Waals surface area (Å²) < 4.78 is 5.66. The van der Waals surface area contributed by atoms with Crippen LogP contribution < -0.4 is 15.8 Å². The number of hydrogen-bond donors (Lipinski definition) is 2. The fourth-order valence-corrected chi connectivity index (χ4v) is 2.38. The van der Waals surface area contributed by atoms with Crippen LogP contribution in [0.15, 0.2) is 48.5 Å². The Morgan fingerprint density at radius 2 is 1.83 bits per heavy atom. The minimum absolute atomic E-state index is 0.0673. The molecule has 0 bridgehead atoms. The summed E-state index contributed by atoms with van der Waals surface area (Å²) in [5, 5.41) is 2.94. The molecule has 2 aromatic rings. The molecule has 1 amide bonds. The van der Waals surface area contributed by atoms with Crippen LogP contribution >= 0.6 is 0 Å². The quantitative estimate of drug-likeness (QED) is 0.548. The van der Waals surface area contributed by atoms with E-state index in [0.29, 0.717) is 26.0 Å². The van der Waals surface area contributed by atoms with Gasteiger partial charge in [-0.2, -0.15) is 0 Å². The second-order valence-corrected chi connectivity index (χ2v) is 5.92. The molecule has 0 aliphatic carbocycles. The molecule has 128 valence electrons. The summed E-state index contributed by atoms with van der Waals surface area (Å²) in [6.07, 6.45) is 2.97. The Bertz CT molecular complexity index is 638. The summed E-state index contributed by atoms with van der Waals surface area (Å²) in [5.41, 5.74) is 8.87. The molecule has 0 saturated carbocycles. The standard InChI is InChI=1S/C20H26N2O2/c1-16-8-11-18(12-9-16)24-15-5-4-14-22-20(23)13-10-17-6-2-3-7-19(17)21/h2-3,6-9,11-12H,4-5,10,13-15,21H2,1H3,(H,22,23). The SMILES string of the molecule is Cc1ccc(OCCCCNC(=O)CCc2ccccc2N)cc1. The molecular formula is C20H26N2O2. The first-order valence-corrected chi connectivity index (χ1v) is 8.44. The summed E-state index contributed by atoms with van der Waals surface area (Å²) in [5.74, 6) is 0.961. The normalized spacial score (nSPS) is 10.4. The van der Waals surface area contributed by atoms with Gasteiger partial charge in [-0.15, -0.1) is 0 Å². The molecule has 2 rings (SSSR count). The number of hydrogen-bond acceptors (Lipinski definition) is 3. The van der Waals surface area contributed by atoms with Crippen molar-refractivity contribution in [1.82, 2.24) is 5.32 Å². The fourth-order valence-electron chi connectivity index (χ4n) is 2.38. The van der Waals surface area contributed by atoms with Crippen LogP contribution in [0.25, 0.3) is 0 Å². The summed E-state index contributed by atoms with van der Waals surface area (Å²) >= 11 is 0. The number of benzene rings is 2. The third-order valence-electron chi connectivity index (χ3n) is 3.86. The molecule has 4 heteroatoms. The fraction of sp³-hybridized carbons (Fsp3) is 0.350. The van der Waals surface area contributed by atoms with Crippen molar-refractivity contribution >= 4 is 11.6 Å². The second-order valence-electron chi connectivity index (χ2n) is 5.92. The van der Waals surface area contributed by atoms with Crippen molar-refractivity contribution in [3.63, 3.8) is 0 Å². The molecule has 4 nitrogen and oxygen atoms in total. The molecule has 0 spiro atoms. The predicted molar refractivity (Wildman–Crippen MR) is 98.1 cm³/mol. The molecular weight excluding hydrogens is 300 g/mol. The average molecular weight is 326 g/mol. The van der Waals surface area contributed by atoms with Gasteiger partial charge < -0.3 is 15.8 Å². The van der Waals surface area contributed by atoms with Crippen LogP contribution in [0, 0.1) is 6.92 Å². The maximum absolute atomic E-state index is 11.8. The number of unbranched alkanes of at least 4 members (excludes halogenated alkanes) is 1. The molecule has 24 heavy (non-hydrogen) atoms. The number of para-hydroxylation sites is 1. The van der Waals surface area contributed by atoms with Gasteiger partial charge in [0.2, 0.25) is 5.91 Å². The molecule has 0 atom stereocenters. The summed E-state index contributed by atoms with van der Waals surface area (Å²) in [4.78, 5) is 11.8. The molecule has 0 aliphatic rings. The van der Waals surface area contributed by atoms with E-state index in [1.165, 1.54) is 5.56 Å². The topological polar surface area (TPSA) is 64.3 Å². The van der Waals surface area contributed by atoms with E-state index in [9.17, 15) is 4.79 Å². The molecule has 0 heterocycles. The Labute approximate surface area is 144 Å². The number of nitrogen functional groups attached to an aromatic ring is 1. The van der Waals surface area contributed by atoms with E-state index < -0.39 is 0 Å². The Hall–Kier alpha value is -2.49. The molecule has 0 unspecified atom stereocenters. The molecule has 2 aromatic carbocycles. The molecule has 0 aromatic heterocycles. The summed E-state index contributed by atoms with van der Waals surface area (Å²) in [6.45, 7) is 3.40. The molecule has 0 saturated heterocycles. The number of nitrogens with two attached hydrogens (primary N) is 1. The van der Waals surface area contributed by atoms with Gasteiger partial charge in [0.25, 0.3) is 0 Å². The van der Waals surface area contributed by atoms with Crippen LogP contribution in [0.4, 0.5) is 5.69 Å². The lowest BCUT2D eigenvalue weighted by Gasteiger charge is -2.08. The number of rotatable bonds is 9. The van der Waals surface area contributed by atoms with Crippen LogP contribution in [-0.2, 0) is 11.2 Å². The molecule has 0 aliphatic heterocycles. The lowest BCUT2D eigenvalue weighted by atomic mass is 10.1. The third-order valence-corrected chi connectivity index (χ3v) is 3.86. The highest BCUT2D eigenvalue weighted by atomic mass is 16.5. The van der Waals surface area contributed by atoms with Gasteiger partial charge in [0.1, 0.15) is 5.75 Å². The van der Waals surface area contributed by atoms with Crippen LogP contribution in [-0.4, -0.2) is 19.1 Å². The maximum Gasteiger partial charge on any atom is 0.220 e. The van der Waals surface area contributed by atoms with Gasteiger partial charge in [-0.05, 0) is 49.9 Å². The van der Waals surface area contributed by atoms with Gasteiger partial charge in [-0.25, -0.2) is 0 Å². The van der Waals surface area contributed by atoms with Gasteiger partial charge in [-0.1, -0.05) is 35.9 Å². The first kappa shape index (κ1) is 17.9. The highest BCUT2D eigenvalue weighted by Gasteiger charge is 2.04. The van der Waals surface area contributed by atoms with Crippen molar-refractivity contribution in [3.8, 4) is 5.75 Å². The van der Waals surface area contributed by atoms with Crippen LogP contribution in [0.3, 0.4) is 0 Å². The van der Waals surface area contributed by atoms with Crippen molar-refractivity contribution in [1.29, 1.82) is 0 Å². The van der Waals surface area contributed by atoms with Crippen LogP contribution in [0.5, 0.6) is 5.75 Å². The number of amides is 1. The number of carbonyl (C=O) groups excluding carboxylic acids is 1. The van der Waals surface area contributed by atoms with Gasteiger partial charge in [0, 0.05) is 18.7 Å². The van der Waals surface area contributed by atoms with E-state index in [0.717, 1.165) is 29.8 Å². The highest BCUT2D eigenvalue weighted by molar-refractivity contribution is 5.76. The van der Waals surface area contributed by atoms with E-state index in [-0.39, 0.29) is 5.91 Å². The predicted octanol–water partition coefficient (Wildman–Crippen LogP) is 3.49. The van der Waals surface area contributed by atoms with Gasteiger partial charge in [0.05, 0.1) is 6.61 Å². The van der Waals surface area contributed by atoms with E-state index in [4.69, 9.17) is 10.5 Å². The van der Waals surface area contributed by atoms with Crippen LogP contribution in [0.1, 0.15) is 30.4 Å². The largest absolute Gasteiger partial charge is 0.494 e. The second kappa shape index (κ2) is 9.60. The Morgan fingerprint density at radius 1 is 1.08 bits per heavy atom. The first-order valence-electron chi connectivity index (χ1n) is 8.44. The van der Waals surface area contributed by atoms with Crippen molar-refractivity contribution in [3.05, 3.63) is 59.7 Å². The third kappa shape index (κ3) is 6.32. The van der Waals surface area contributed by atoms with Crippen LogP contribution in [0.2, 0.25) is 0 Å². The summed E-state index contributed by atoms with van der Waals surface area (Å²) in [7, 11) is 0. The minimum Gasteiger partial charge on any atom is -0.494 e. The average Bonchev–Trinajstić information content (AvgIpc) is 2.59. The van der Waals surface area contributed by atoms with Gasteiger partial charge in [-0.3, -0.25) is 4.79 Å². The number of carbonyl (C=O) groups is 1. The number of ether oxygens (including phenoxy) is 1. The van der Waals surface area contributed by atoms with E-state index in [1.54, 1.807) is 0 Å². The Morgan fingerprint density at radius 3 is 2.58 bits per heavy atom. The van der Waals surface area contributed by atoms with Crippen molar-refractivity contribution in [2.75, 3.05) is 18.9 Å². The number of anilines is 1. The Kier molecular flexibility index (Phi) is 7.15. The van der Waals surface area contributed by atoms with Crippen molar-refractivity contribution < 1.29 is 9.53 Å². The number of aryl methyl sites for hydroxylation is 2. The first-order chi connectivity index (χ1) is 11.6. The van der Waals surface area contributed by atoms with Crippen molar-refractivity contribution in [2.45, 2.75) is 32.6 Å². The number of nitrogens with one attached hydrogen (secondary N) is 1. The minimum atomic E-state index is 0.0673. The van der Waals surface area contributed by atoms with E-state index in [1.807, 2.05) is 48.5 Å². The molecule has 0 radical (unpaired) electrons. The zero-order chi connectivity index (χ0) is 17.2. The van der Waals surface area contributed by atoms with Gasteiger partial charge >= 0.3 is 0 Å². The van der Waals surface area contributed by atoms with E-state index >= 15 is 0 Å². The smallest absolute Gasteiger partial charge is 0.220 e. The van der Waals surface area contributed by atoms with Crippen molar-refractivity contribution in [2.24, 2.45) is 0 Å². The lowest BCUT2D eigenvalue weighted by Crippen LogP contribution is -2.25. The maximum atomic E-state index is 11.8. The highest BCUT2D eigenvalue weighted by Crippen LogP contribution is 2.13.